The Labute approximate surface area is 211 Å². The van der Waals surface area contributed by atoms with Crippen LogP contribution in [0.25, 0.3) is 11.3 Å². The number of quaternary nitrogens is 1. The molecule has 0 spiro atoms. The van der Waals surface area contributed by atoms with Gasteiger partial charge in [-0.15, -0.1) is 0 Å². The fourth-order valence-electron chi connectivity index (χ4n) is 4.03. The molecule has 0 amide bonds. The van der Waals surface area contributed by atoms with Crippen molar-refractivity contribution in [1.29, 1.82) is 5.26 Å². The van der Waals surface area contributed by atoms with Crippen molar-refractivity contribution < 1.29 is 40.7 Å². The van der Waals surface area contributed by atoms with Crippen LogP contribution in [-0.4, -0.2) is 48.9 Å². The van der Waals surface area contributed by atoms with E-state index in [2.05, 4.69) is 30.5 Å². The SMILES string of the molecule is C[N+]1(OC(=O)C(F)(F)F)N=Nc2c1cc(-c1cnc(OCCC3CCNCC3)c(C(F)(F)F)c1)nc2C#N. The van der Waals surface area contributed by atoms with Gasteiger partial charge >= 0.3 is 18.3 Å². The Balaban J connectivity index is 1.66. The summed E-state index contributed by atoms with van der Waals surface area (Å²) in [5.41, 5.74) is -2.75. The molecular weight excluding hydrogens is 524 g/mol. The second kappa shape index (κ2) is 10.1. The first-order chi connectivity index (χ1) is 17.8. The third-order valence-electron chi connectivity index (χ3n) is 6.01. The van der Waals surface area contributed by atoms with Crippen LogP contribution in [0.15, 0.2) is 28.7 Å². The number of piperidine rings is 1. The van der Waals surface area contributed by atoms with Gasteiger partial charge in [0.05, 0.1) is 17.5 Å². The van der Waals surface area contributed by atoms with E-state index in [1.54, 1.807) is 6.07 Å². The number of rotatable bonds is 6. The normalized spacial score (nSPS) is 19.6. The maximum Gasteiger partial charge on any atom is 0.497 e. The van der Waals surface area contributed by atoms with Crippen LogP contribution in [-0.2, 0) is 15.8 Å². The molecule has 2 aromatic heterocycles. The van der Waals surface area contributed by atoms with Crippen molar-refractivity contribution in [3.05, 3.63) is 29.6 Å². The number of nitrogens with one attached hydrogen (secondary N) is 1. The van der Waals surface area contributed by atoms with E-state index in [0.29, 0.717) is 18.4 Å². The van der Waals surface area contributed by atoms with Gasteiger partial charge in [0.25, 0.3) is 0 Å². The molecule has 1 atom stereocenters. The molecule has 202 valence electrons. The molecule has 1 fully saturated rings. The first-order valence-corrected chi connectivity index (χ1v) is 11.3. The summed E-state index contributed by atoms with van der Waals surface area (Å²) < 4.78 is 83.8. The Kier molecular flexibility index (Phi) is 7.26. The van der Waals surface area contributed by atoms with Gasteiger partial charge in [-0.05, 0) is 44.3 Å². The molecule has 2 aromatic rings. The summed E-state index contributed by atoms with van der Waals surface area (Å²) in [4.78, 5) is 23.6. The smallest absolute Gasteiger partial charge is 0.477 e. The van der Waals surface area contributed by atoms with E-state index in [1.165, 1.54) is 0 Å². The molecule has 38 heavy (non-hydrogen) atoms. The lowest BCUT2D eigenvalue weighted by molar-refractivity contribution is -0.231. The predicted octanol–water partition coefficient (Wildman–Crippen LogP) is 4.77. The van der Waals surface area contributed by atoms with Crippen LogP contribution in [0.3, 0.4) is 0 Å². The van der Waals surface area contributed by atoms with Crippen molar-refractivity contribution in [3.8, 4) is 23.2 Å². The number of pyridine rings is 2. The Morgan fingerprint density at radius 3 is 2.55 bits per heavy atom. The lowest BCUT2D eigenvalue weighted by Crippen LogP contribution is -2.44. The third kappa shape index (κ3) is 5.68. The largest absolute Gasteiger partial charge is 0.497 e. The minimum Gasteiger partial charge on any atom is -0.477 e. The molecule has 1 unspecified atom stereocenters. The van der Waals surface area contributed by atoms with E-state index in [4.69, 9.17) is 4.74 Å². The van der Waals surface area contributed by atoms with Crippen molar-refractivity contribution in [2.24, 2.45) is 16.3 Å². The van der Waals surface area contributed by atoms with Gasteiger partial charge in [-0.2, -0.15) is 31.6 Å². The van der Waals surface area contributed by atoms with E-state index in [9.17, 15) is 36.4 Å². The van der Waals surface area contributed by atoms with E-state index in [-0.39, 0.29) is 29.2 Å². The summed E-state index contributed by atoms with van der Waals surface area (Å²) in [6.07, 6.45) is -6.86. The van der Waals surface area contributed by atoms with Crippen LogP contribution in [0.5, 0.6) is 5.88 Å². The van der Waals surface area contributed by atoms with Gasteiger partial charge in [-0.1, -0.05) is 5.11 Å². The number of nitriles is 1. The average molecular weight is 544 g/mol. The molecular formula is C22H20F6N7O3+. The Hall–Kier alpha value is -3.84. The van der Waals surface area contributed by atoms with Crippen LogP contribution in [0.1, 0.15) is 30.5 Å². The molecule has 10 nitrogen and oxygen atoms in total. The van der Waals surface area contributed by atoms with Crippen molar-refractivity contribution in [3.63, 3.8) is 0 Å². The second-order valence-corrected chi connectivity index (χ2v) is 8.69. The zero-order valence-electron chi connectivity index (χ0n) is 19.7. The van der Waals surface area contributed by atoms with E-state index in [1.807, 2.05) is 0 Å². The number of aromatic nitrogens is 2. The second-order valence-electron chi connectivity index (χ2n) is 8.69. The number of carbonyl (C=O) groups is 1. The van der Waals surface area contributed by atoms with Gasteiger partial charge < -0.3 is 10.1 Å². The molecule has 0 aromatic carbocycles. The highest BCUT2D eigenvalue weighted by Gasteiger charge is 2.51. The predicted molar refractivity (Wildman–Crippen MR) is 117 cm³/mol. The lowest BCUT2D eigenvalue weighted by atomic mass is 9.95. The van der Waals surface area contributed by atoms with Crippen LogP contribution < -0.4 is 14.8 Å². The third-order valence-corrected chi connectivity index (χ3v) is 6.01. The van der Waals surface area contributed by atoms with Crippen molar-refractivity contribution in [2.75, 3.05) is 26.7 Å². The Morgan fingerprint density at radius 1 is 1.21 bits per heavy atom. The van der Waals surface area contributed by atoms with Gasteiger partial charge in [0.1, 0.15) is 18.7 Å². The molecule has 16 heteroatoms. The Bertz CT molecular complexity index is 1300. The topological polar surface area (TPSA) is 122 Å². The maximum absolute atomic E-state index is 13.9. The van der Waals surface area contributed by atoms with Crippen molar-refractivity contribution >= 4 is 17.3 Å². The molecule has 0 saturated carbocycles. The molecule has 0 bridgehead atoms. The number of nitrogens with zero attached hydrogens (tertiary/aromatic N) is 6. The molecule has 0 aliphatic carbocycles. The molecule has 2 aliphatic rings. The molecule has 2 aliphatic heterocycles. The fraction of sp³-hybridized carbons (Fsp3) is 0.455. The van der Waals surface area contributed by atoms with Crippen molar-refractivity contribution in [1.82, 2.24) is 20.0 Å². The van der Waals surface area contributed by atoms with Crippen molar-refractivity contribution in [2.45, 2.75) is 31.6 Å². The molecule has 0 radical (unpaired) electrons. The molecule has 1 N–H and O–H groups in total. The monoisotopic (exact) mass is 544 g/mol. The lowest BCUT2D eigenvalue weighted by Gasteiger charge is -2.22. The quantitative estimate of drug-likeness (QED) is 0.411. The van der Waals surface area contributed by atoms with Crippen LogP contribution in [0.4, 0.5) is 37.7 Å². The number of carbonyl (C=O) groups excluding carboxylic acids is 1. The van der Waals surface area contributed by atoms with E-state index >= 15 is 0 Å². The van der Waals surface area contributed by atoms with E-state index < -0.39 is 40.2 Å². The minimum absolute atomic E-state index is 0.0270. The highest BCUT2D eigenvalue weighted by atomic mass is 19.4. The van der Waals surface area contributed by atoms with E-state index in [0.717, 1.165) is 45.2 Å². The summed E-state index contributed by atoms with van der Waals surface area (Å²) in [6.45, 7) is 1.69. The number of hydroxylamine groups is 1. The van der Waals surface area contributed by atoms with Gasteiger partial charge in [0.2, 0.25) is 11.6 Å². The highest BCUT2D eigenvalue weighted by molar-refractivity contribution is 5.80. The number of ether oxygens (including phenoxy) is 1. The highest BCUT2D eigenvalue weighted by Crippen LogP contribution is 2.45. The number of fused-ring (bicyclic) bond motifs is 1. The zero-order chi connectivity index (χ0) is 27.7. The van der Waals surface area contributed by atoms with Crippen LogP contribution >= 0.6 is 0 Å². The molecule has 4 heterocycles. The summed E-state index contributed by atoms with van der Waals surface area (Å²) in [5, 5.41) is 19.7. The summed E-state index contributed by atoms with van der Waals surface area (Å²) in [7, 11) is 0.933. The maximum atomic E-state index is 13.9. The summed E-state index contributed by atoms with van der Waals surface area (Å²) in [5.74, 6) is -2.91. The fourth-order valence-corrected chi connectivity index (χ4v) is 4.03. The van der Waals surface area contributed by atoms with Gasteiger partial charge in [0, 0.05) is 22.6 Å². The summed E-state index contributed by atoms with van der Waals surface area (Å²) in [6, 6.07) is 3.39. The van der Waals surface area contributed by atoms with Gasteiger partial charge in [-0.25, -0.2) is 19.6 Å². The average Bonchev–Trinajstić information content (AvgIpc) is 3.19. The van der Waals surface area contributed by atoms with Gasteiger partial charge in [0.15, 0.2) is 11.4 Å². The zero-order valence-corrected chi connectivity index (χ0v) is 19.7. The number of halogens is 6. The summed E-state index contributed by atoms with van der Waals surface area (Å²) >= 11 is 0. The Morgan fingerprint density at radius 2 is 1.92 bits per heavy atom. The first kappa shape index (κ1) is 27.2. The molecule has 1 saturated heterocycles. The van der Waals surface area contributed by atoms with Crippen LogP contribution in [0.2, 0.25) is 0 Å². The van der Waals surface area contributed by atoms with Crippen LogP contribution in [0, 0.1) is 17.2 Å². The van der Waals surface area contributed by atoms with Gasteiger partial charge in [-0.3, -0.25) is 0 Å². The number of hydrogen-bond acceptors (Lipinski definition) is 9. The molecule has 4 rings (SSSR count). The first-order valence-electron chi connectivity index (χ1n) is 11.3. The minimum atomic E-state index is -5.36. The standard InChI is InChI=1S/C22H20F6N7O3/c1-35(38-20(36)22(26,27)28)17-9-15(32-16(10-29)18(17)33-34-35)13-8-14(21(23,24)25)19(31-11-13)37-7-4-12-2-5-30-6-3-12/h8-9,11-12,30H,2-7H2,1H3/q+1. The number of hydrogen-bond donors (Lipinski definition) is 1. The number of alkyl halides is 6.